The van der Waals surface area contributed by atoms with Crippen molar-refractivity contribution in [3.63, 3.8) is 0 Å². The normalized spacial score (nSPS) is 28.5. The van der Waals surface area contributed by atoms with E-state index < -0.39 is 5.92 Å². The standard InChI is InChI=1S/C26H34N2O2S/c1-16(2)15-28-24(22-13-8-14-31-22)23(19-10-5-6-11-20(19)26(28)30)25(29)27-21-12-7-9-17(3)18(21)4/h5-6,8,10-11,13-14,16-18,21,23-24H,7,9,12,15H2,1-4H3,(H,27,29)/t17-,18+,21+,23-,24-/m0/s1. The minimum atomic E-state index is -0.393. The molecule has 31 heavy (non-hydrogen) atoms. The number of carbonyl (C=O) groups is 2. The molecule has 5 atom stereocenters. The van der Waals surface area contributed by atoms with Crippen LogP contribution in [0.2, 0.25) is 0 Å². The van der Waals surface area contributed by atoms with E-state index in [0.717, 1.165) is 23.3 Å². The van der Waals surface area contributed by atoms with E-state index in [1.807, 2.05) is 40.6 Å². The van der Waals surface area contributed by atoms with Gasteiger partial charge in [0.05, 0.1) is 12.0 Å². The van der Waals surface area contributed by atoms with Gasteiger partial charge in [-0.1, -0.05) is 64.8 Å². The molecule has 0 bridgehead atoms. The van der Waals surface area contributed by atoms with E-state index in [1.165, 1.54) is 6.42 Å². The molecule has 2 amide bonds. The number of rotatable bonds is 5. The zero-order valence-corrected chi connectivity index (χ0v) is 19.8. The summed E-state index contributed by atoms with van der Waals surface area (Å²) >= 11 is 1.63. The first kappa shape index (κ1) is 22.1. The first-order valence-electron chi connectivity index (χ1n) is 11.6. The summed E-state index contributed by atoms with van der Waals surface area (Å²) < 4.78 is 0. The SMILES string of the molecule is CC(C)CN1C(=O)c2ccccc2[C@H](C(=O)N[C@@H]2CCC[C@H](C)[C@H]2C)[C@@H]1c1cccs1. The average Bonchev–Trinajstić information content (AvgIpc) is 3.27. The number of hydrogen-bond donors (Lipinski definition) is 1. The van der Waals surface area contributed by atoms with E-state index >= 15 is 0 Å². The van der Waals surface area contributed by atoms with E-state index in [0.29, 0.717) is 29.9 Å². The molecule has 0 saturated heterocycles. The quantitative estimate of drug-likeness (QED) is 0.658. The molecule has 0 spiro atoms. The summed E-state index contributed by atoms with van der Waals surface area (Å²) in [5.41, 5.74) is 1.53. The molecule has 1 aliphatic carbocycles. The van der Waals surface area contributed by atoms with Gasteiger partial charge < -0.3 is 10.2 Å². The number of carbonyl (C=O) groups excluding carboxylic acids is 2. The van der Waals surface area contributed by atoms with Gasteiger partial charge in [-0.25, -0.2) is 0 Å². The molecule has 4 rings (SSSR count). The van der Waals surface area contributed by atoms with Gasteiger partial charge in [-0.05, 0) is 47.3 Å². The van der Waals surface area contributed by atoms with Crippen molar-refractivity contribution < 1.29 is 9.59 Å². The Hall–Kier alpha value is -2.14. The van der Waals surface area contributed by atoms with E-state index in [1.54, 1.807) is 11.3 Å². The second kappa shape index (κ2) is 9.15. The minimum absolute atomic E-state index is 0.0337. The fourth-order valence-corrected chi connectivity index (χ4v) is 6.18. The molecular formula is C26H34N2O2S. The fourth-order valence-electron chi connectivity index (χ4n) is 5.30. The van der Waals surface area contributed by atoms with Crippen molar-refractivity contribution >= 4 is 23.2 Å². The highest BCUT2D eigenvalue weighted by Gasteiger charge is 2.45. The third kappa shape index (κ3) is 4.30. The summed E-state index contributed by atoms with van der Waals surface area (Å²) in [6.45, 7) is 9.43. The fraction of sp³-hybridized carbons (Fsp3) is 0.538. The van der Waals surface area contributed by atoms with Crippen molar-refractivity contribution in [3.05, 3.63) is 57.8 Å². The highest BCUT2D eigenvalue weighted by atomic mass is 32.1. The molecule has 2 aliphatic rings. The predicted molar refractivity (Wildman–Crippen MR) is 126 cm³/mol. The van der Waals surface area contributed by atoms with Gasteiger partial charge in [-0.3, -0.25) is 9.59 Å². The lowest BCUT2D eigenvalue weighted by molar-refractivity contribution is -0.125. The summed E-state index contributed by atoms with van der Waals surface area (Å²) in [6, 6.07) is 11.7. The first-order chi connectivity index (χ1) is 14.9. The van der Waals surface area contributed by atoms with Gasteiger partial charge in [0, 0.05) is 23.0 Å². The number of benzene rings is 1. The number of hydrogen-bond acceptors (Lipinski definition) is 3. The van der Waals surface area contributed by atoms with Crippen LogP contribution in [0, 0.1) is 17.8 Å². The third-order valence-electron chi connectivity index (χ3n) is 7.15. The average molecular weight is 439 g/mol. The molecule has 1 aromatic carbocycles. The minimum Gasteiger partial charge on any atom is -0.352 e. The number of nitrogens with one attached hydrogen (secondary N) is 1. The van der Waals surface area contributed by atoms with Gasteiger partial charge >= 0.3 is 0 Å². The smallest absolute Gasteiger partial charge is 0.254 e. The van der Waals surface area contributed by atoms with Crippen LogP contribution < -0.4 is 5.32 Å². The number of thiophene rings is 1. The van der Waals surface area contributed by atoms with Gasteiger partial charge in [-0.15, -0.1) is 11.3 Å². The summed E-state index contributed by atoms with van der Waals surface area (Å²) in [7, 11) is 0. The second-order valence-corrected chi connectivity index (χ2v) is 10.7. The Balaban J connectivity index is 1.75. The molecule has 5 heteroatoms. The zero-order valence-electron chi connectivity index (χ0n) is 19.0. The Morgan fingerprint density at radius 3 is 2.65 bits per heavy atom. The Kier molecular flexibility index (Phi) is 6.52. The summed E-state index contributed by atoms with van der Waals surface area (Å²) in [5.74, 6) is 1.09. The summed E-state index contributed by atoms with van der Waals surface area (Å²) in [5, 5.41) is 5.45. The molecule has 2 heterocycles. The first-order valence-corrected chi connectivity index (χ1v) is 12.5. The van der Waals surface area contributed by atoms with E-state index in [4.69, 9.17) is 0 Å². The highest BCUT2D eigenvalue weighted by molar-refractivity contribution is 7.10. The maximum absolute atomic E-state index is 13.9. The van der Waals surface area contributed by atoms with Gasteiger partial charge in [-0.2, -0.15) is 0 Å². The molecule has 166 valence electrons. The molecule has 4 nitrogen and oxygen atoms in total. The van der Waals surface area contributed by atoms with Crippen molar-refractivity contribution in [1.29, 1.82) is 0 Å². The molecular weight excluding hydrogens is 404 g/mol. The maximum Gasteiger partial charge on any atom is 0.254 e. The lowest BCUT2D eigenvalue weighted by atomic mass is 9.77. The van der Waals surface area contributed by atoms with Crippen LogP contribution in [0.1, 0.15) is 79.7 Å². The van der Waals surface area contributed by atoms with Crippen molar-refractivity contribution in [1.82, 2.24) is 10.2 Å². The van der Waals surface area contributed by atoms with Crippen LogP contribution in [0.3, 0.4) is 0 Å². The third-order valence-corrected chi connectivity index (χ3v) is 8.10. The summed E-state index contributed by atoms with van der Waals surface area (Å²) in [6.07, 6.45) is 3.42. The molecule has 1 aliphatic heterocycles. The zero-order chi connectivity index (χ0) is 22.1. The largest absolute Gasteiger partial charge is 0.352 e. The number of fused-ring (bicyclic) bond motifs is 1. The lowest BCUT2D eigenvalue weighted by Crippen LogP contribution is -2.51. The Morgan fingerprint density at radius 2 is 1.94 bits per heavy atom. The van der Waals surface area contributed by atoms with E-state index in [9.17, 15) is 9.59 Å². The molecule has 1 N–H and O–H groups in total. The molecule has 1 saturated carbocycles. The van der Waals surface area contributed by atoms with Crippen LogP contribution in [0.5, 0.6) is 0 Å². The van der Waals surface area contributed by atoms with E-state index in [2.05, 4.69) is 39.1 Å². The number of nitrogens with zero attached hydrogens (tertiary/aromatic N) is 1. The van der Waals surface area contributed by atoms with Crippen LogP contribution in [-0.2, 0) is 4.79 Å². The molecule has 0 unspecified atom stereocenters. The lowest BCUT2D eigenvalue weighted by Gasteiger charge is -2.43. The maximum atomic E-state index is 13.9. The summed E-state index contributed by atoms with van der Waals surface area (Å²) in [4.78, 5) is 30.4. The van der Waals surface area contributed by atoms with E-state index in [-0.39, 0.29) is 23.9 Å². The Morgan fingerprint density at radius 1 is 1.16 bits per heavy atom. The Bertz CT molecular complexity index is 923. The van der Waals surface area contributed by atoms with Crippen LogP contribution in [0.4, 0.5) is 0 Å². The van der Waals surface area contributed by atoms with Crippen molar-refractivity contribution in [2.24, 2.45) is 17.8 Å². The van der Waals surface area contributed by atoms with Gasteiger partial charge in [0.1, 0.15) is 0 Å². The van der Waals surface area contributed by atoms with Crippen LogP contribution >= 0.6 is 11.3 Å². The molecule has 1 fully saturated rings. The van der Waals surface area contributed by atoms with Gasteiger partial charge in [0.25, 0.3) is 5.91 Å². The van der Waals surface area contributed by atoms with Crippen molar-refractivity contribution in [2.75, 3.05) is 6.54 Å². The highest BCUT2D eigenvalue weighted by Crippen LogP contribution is 2.45. The number of amides is 2. The Labute approximate surface area is 190 Å². The molecule has 2 aromatic rings. The van der Waals surface area contributed by atoms with Crippen LogP contribution in [-0.4, -0.2) is 29.3 Å². The molecule has 0 radical (unpaired) electrons. The van der Waals surface area contributed by atoms with Gasteiger partial charge in [0.15, 0.2) is 0 Å². The second-order valence-electron chi connectivity index (χ2n) is 9.76. The van der Waals surface area contributed by atoms with Crippen LogP contribution in [0.15, 0.2) is 41.8 Å². The van der Waals surface area contributed by atoms with Crippen LogP contribution in [0.25, 0.3) is 0 Å². The topological polar surface area (TPSA) is 49.4 Å². The molecule has 1 aromatic heterocycles. The monoisotopic (exact) mass is 438 g/mol. The predicted octanol–water partition coefficient (Wildman–Crippen LogP) is 5.63. The van der Waals surface area contributed by atoms with Crippen molar-refractivity contribution in [3.8, 4) is 0 Å². The van der Waals surface area contributed by atoms with Gasteiger partial charge in [0.2, 0.25) is 5.91 Å². The van der Waals surface area contributed by atoms with Crippen molar-refractivity contribution in [2.45, 2.75) is 65.0 Å².